The number of halogens is 2. The van der Waals surface area contributed by atoms with Crippen LogP contribution in [0.2, 0.25) is 0 Å². The molecule has 4 aromatic heterocycles. The molecule has 31 heavy (non-hydrogen) atoms. The molecule has 0 aromatic carbocycles. The van der Waals surface area contributed by atoms with Crippen LogP contribution in [0, 0.1) is 29.3 Å². The second-order valence-electron chi connectivity index (χ2n) is 7.19. The van der Waals surface area contributed by atoms with Crippen molar-refractivity contribution in [2.45, 2.75) is 19.3 Å². The van der Waals surface area contributed by atoms with Crippen molar-refractivity contribution >= 4 is 0 Å². The summed E-state index contributed by atoms with van der Waals surface area (Å²) in [5, 5.41) is 9.01. The Morgan fingerprint density at radius 3 is 2.26 bits per heavy atom. The van der Waals surface area contributed by atoms with Crippen LogP contribution in [-0.2, 0) is 26.5 Å². The Morgan fingerprint density at radius 1 is 1.00 bits per heavy atom. The van der Waals surface area contributed by atoms with Gasteiger partial charge in [0.15, 0.2) is 0 Å². The molecule has 0 aliphatic heterocycles. The number of hydrogen-bond acceptors (Lipinski definition) is 4. The third kappa shape index (κ3) is 4.45. The standard InChI is InChI=1S/C23H15F2N5.Pt/c1-23(2,20-8-4-6-17(29-20)18-11-14(12-26)13-27-18)19-7-3-5-16(28-19)15-9-10-21(24)30-22(15)25;/h3-8,10-11,13H,1-2H3;/q-2;+2. The average Bonchev–Trinajstić information content (AvgIpc) is 3.23. The van der Waals surface area contributed by atoms with Gasteiger partial charge in [-0.25, -0.2) is 8.78 Å². The zero-order valence-corrected chi connectivity index (χ0v) is 18.8. The number of nitriles is 1. The number of hydrogen-bond donors (Lipinski definition) is 0. The van der Waals surface area contributed by atoms with E-state index in [1.165, 1.54) is 6.20 Å². The third-order valence-corrected chi connectivity index (χ3v) is 4.81. The monoisotopic (exact) mass is 594 g/mol. The van der Waals surface area contributed by atoms with Crippen molar-refractivity contribution in [1.82, 2.24) is 19.9 Å². The summed E-state index contributed by atoms with van der Waals surface area (Å²) in [4.78, 5) is 16.7. The second kappa shape index (κ2) is 8.87. The van der Waals surface area contributed by atoms with Crippen molar-refractivity contribution in [2.75, 3.05) is 0 Å². The maximum Gasteiger partial charge on any atom is 2.00 e. The predicted octanol–water partition coefficient (Wildman–Crippen LogP) is 4.44. The molecule has 0 saturated heterocycles. The fraction of sp³-hybridized carbons (Fsp3) is 0.130. The van der Waals surface area contributed by atoms with E-state index in [-0.39, 0.29) is 26.6 Å². The second-order valence-corrected chi connectivity index (χ2v) is 7.19. The Kier molecular flexibility index (Phi) is 6.42. The molecule has 156 valence electrons. The molecule has 0 aliphatic rings. The minimum atomic E-state index is -0.965. The molecular formula is C23H15F2N5Pt. The Bertz CT molecular complexity index is 1280. The molecule has 0 radical (unpaired) electrons. The summed E-state index contributed by atoms with van der Waals surface area (Å²) >= 11 is 0. The number of aromatic nitrogens is 4. The van der Waals surface area contributed by atoms with Crippen LogP contribution in [0.4, 0.5) is 8.78 Å². The van der Waals surface area contributed by atoms with Gasteiger partial charge in [0.2, 0.25) is 0 Å². The van der Waals surface area contributed by atoms with Gasteiger partial charge in [0.25, 0.3) is 0 Å². The van der Waals surface area contributed by atoms with Crippen molar-refractivity contribution in [3.05, 3.63) is 89.6 Å². The van der Waals surface area contributed by atoms with E-state index in [0.29, 0.717) is 28.3 Å². The van der Waals surface area contributed by atoms with Crippen LogP contribution in [0.15, 0.2) is 54.7 Å². The van der Waals surface area contributed by atoms with E-state index in [2.05, 4.69) is 27.1 Å². The normalized spacial score (nSPS) is 10.9. The van der Waals surface area contributed by atoms with Crippen LogP contribution in [0.25, 0.3) is 22.6 Å². The number of rotatable bonds is 4. The summed E-state index contributed by atoms with van der Waals surface area (Å²) in [5.41, 5.74) is 2.78. The Labute approximate surface area is 192 Å². The van der Waals surface area contributed by atoms with Gasteiger partial charge < -0.3 is 9.97 Å². The van der Waals surface area contributed by atoms with E-state index in [1.807, 2.05) is 38.1 Å². The number of pyridine rings is 3. The summed E-state index contributed by atoms with van der Waals surface area (Å²) in [7, 11) is 0. The summed E-state index contributed by atoms with van der Waals surface area (Å²) in [6, 6.07) is 18.0. The summed E-state index contributed by atoms with van der Waals surface area (Å²) in [6.45, 7) is 3.90. The Balaban J connectivity index is 0.00000272. The van der Waals surface area contributed by atoms with Crippen molar-refractivity contribution in [2.24, 2.45) is 0 Å². The van der Waals surface area contributed by atoms with Crippen molar-refractivity contribution in [1.29, 1.82) is 5.26 Å². The van der Waals surface area contributed by atoms with Gasteiger partial charge in [-0.2, -0.15) is 11.5 Å². The topological polar surface area (TPSA) is 76.6 Å². The van der Waals surface area contributed by atoms with E-state index in [9.17, 15) is 8.78 Å². The van der Waals surface area contributed by atoms with Crippen LogP contribution in [-0.4, -0.2) is 15.0 Å². The van der Waals surface area contributed by atoms with E-state index in [1.54, 1.807) is 18.2 Å². The maximum atomic E-state index is 14.1. The zero-order chi connectivity index (χ0) is 21.3. The SMILES string of the molecule is CC(C)(c1cccc(-c2cc(C#N)c[n-]2)n1)c1cccc(-c2[c-]cc(F)nc2F)n1.[Pt+2]. The molecule has 8 heteroatoms. The van der Waals surface area contributed by atoms with Gasteiger partial charge in [0.05, 0.1) is 11.8 Å². The molecule has 4 aromatic rings. The molecule has 4 heterocycles. The fourth-order valence-electron chi connectivity index (χ4n) is 3.09. The molecule has 0 amide bonds. The molecule has 0 bridgehead atoms. The summed E-state index contributed by atoms with van der Waals surface area (Å²) in [5.74, 6) is -1.90. The quantitative estimate of drug-likeness (QED) is 0.258. The first-order valence-corrected chi connectivity index (χ1v) is 9.11. The predicted molar refractivity (Wildman–Crippen MR) is 106 cm³/mol. The van der Waals surface area contributed by atoms with Gasteiger partial charge in [0, 0.05) is 22.4 Å². The molecule has 0 aliphatic carbocycles. The molecule has 0 fully saturated rings. The summed E-state index contributed by atoms with van der Waals surface area (Å²) < 4.78 is 27.2. The summed E-state index contributed by atoms with van der Waals surface area (Å²) in [6.07, 6.45) is 1.50. The minimum Gasteiger partial charge on any atom is -0.661 e. The Morgan fingerprint density at radius 2 is 1.65 bits per heavy atom. The average molecular weight is 594 g/mol. The van der Waals surface area contributed by atoms with Crippen molar-refractivity contribution < 1.29 is 29.8 Å². The molecule has 0 saturated carbocycles. The molecule has 5 nitrogen and oxygen atoms in total. The third-order valence-electron chi connectivity index (χ3n) is 4.81. The van der Waals surface area contributed by atoms with Gasteiger partial charge in [0.1, 0.15) is 11.9 Å². The van der Waals surface area contributed by atoms with E-state index in [4.69, 9.17) is 10.2 Å². The molecule has 0 unspecified atom stereocenters. The first kappa shape index (κ1) is 22.5. The van der Waals surface area contributed by atoms with Gasteiger partial charge in [-0.05, 0) is 37.7 Å². The van der Waals surface area contributed by atoms with Gasteiger partial charge in [-0.1, -0.05) is 35.9 Å². The van der Waals surface area contributed by atoms with Crippen LogP contribution < -0.4 is 4.98 Å². The first-order chi connectivity index (χ1) is 14.4. The first-order valence-electron chi connectivity index (χ1n) is 9.11. The van der Waals surface area contributed by atoms with Crippen LogP contribution >= 0.6 is 0 Å². The van der Waals surface area contributed by atoms with Crippen molar-refractivity contribution in [3.8, 4) is 28.7 Å². The van der Waals surface area contributed by atoms with Crippen LogP contribution in [0.5, 0.6) is 0 Å². The van der Waals surface area contributed by atoms with Gasteiger partial charge in [-0.3, -0.25) is 9.97 Å². The minimum absolute atomic E-state index is 0. The van der Waals surface area contributed by atoms with E-state index < -0.39 is 17.3 Å². The smallest absolute Gasteiger partial charge is 0.661 e. The largest absolute Gasteiger partial charge is 2.00 e. The van der Waals surface area contributed by atoms with Crippen LogP contribution in [0.3, 0.4) is 0 Å². The molecule has 0 atom stereocenters. The fourth-order valence-corrected chi connectivity index (χ4v) is 3.09. The number of nitrogens with zero attached hydrogens (tertiary/aromatic N) is 5. The van der Waals surface area contributed by atoms with Crippen LogP contribution in [0.1, 0.15) is 30.8 Å². The molecule has 4 rings (SSSR count). The van der Waals surface area contributed by atoms with Crippen molar-refractivity contribution in [3.63, 3.8) is 0 Å². The molecule has 0 N–H and O–H groups in total. The van der Waals surface area contributed by atoms with E-state index >= 15 is 0 Å². The molecule has 0 spiro atoms. The van der Waals surface area contributed by atoms with Gasteiger partial charge in [-0.15, -0.1) is 11.8 Å². The van der Waals surface area contributed by atoms with E-state index in [0.717, 1.165) is 11.8 Å². The zero-order valence-electron chi connectivity index (χ0n) is 16.5. The molecular weight excluding hydrogens is 579 g/mol. The van der Waals surface area contributed by atoms with Gasteiger partial charge >= 0.3 is 21.1 Å². The maximum absolute atomic E-state index is 14.1. The Hall–Kier alpha value is -3.23.